The number of nitrogens with zero attached hydrogens (tertiary/aromatic N) is 1. The fourth-order valence-corrected chi connectivity index (χ4v) is 2.48. The quantitative estimate of drug-likeness (QED) is 0.613. The lowest BCUT2D eigenvalue weighted by Crippen LogP contribution is -2.43. The van der Waals surface area contributed by atoms with Crippen molar-refractivity contribution < 1.29 is 9.53 Å². The summed E-state index contributed by atoms with van der Waals surface area (Å²) in [6.07, 6.45) is 2.38. The summed E-state index contributed by atoms with van der Waals surface area (Å²) in [6, 6.07) is 0. The molecule has 5 heteroatoms. The highest BCUT2D eigenvalue weighted by Gasteiger charge is 2.20. The Kier molecular flexibility index (Phi) is 8.82. The second-order valence-corrected chi connectivity index (χ2v) is 6.11. The molecule has 2 N–H and O–H groups in total. The first-order chi connectivity index (χ1) is 9.61. The molecule has 0 radical (unpaired) electrons. The molecule has 0 saturated carbocycles. The van der Waals surface area contributed by atoms with Crippen molar-refractivity contribution >= 4 is 5.91 Å². The van der Waals surface area contributed by atoms with Crippen LogP contribution in [0.15, 0.2) is 0 Å². The maximum Gasteiger partial charge on any atom is 0.234 e. The van der Waals surface area contributed by atoms with Crippen molar-refractivity contribution in [1.29, 1.82) is 0 Å². The van der Waals surface area contributed by atoms with Gasteiger partial charge in [-0.3, -0.25) is 9.69 Å². The van der Waals surface area contributed by atoms with Crippen LogP contribution in [0.25, 0.3) is 0 Å². The first-order valence-electron chi connectivity index (χ1n) is 7.80. The molecule has 0 aromatic heterocycles. The molecule has 1 heterocycles. The highest BCUT2D eigenvalue weighted by Crippen LogP contribution is 2.15. The van der Waals surface area contributed by atoms with E-state index in [-0.39, 0.29) is 5.91 Å². The molecule has 1 aliphatic heterocycles. The average molecular weight is 285 g/mol. The van der Waals surface area contributed by atoms with Crippen molar-refractivity contribution in [3.63, 3.8) is 0 Å². The van der Waals surface area contributed by atoms with Crippen molar-refractivity contribution in [3.05, 3.63) is 0 Å². The molecule has 20 heavy (non-hydrogen) atoms. The maximum absolute atomic E-state index is 11.7. The zero-order chi connectivity index (χ0) is 14.8. The number of piperidine rings is 1. The molecule has 0 atom stereocenters. The van der Waals surface area contributed by atoms with Gasteiger partial charge < -0.3 is 15.4 Å². The van der Waals surface area contributed by atoms with Crippen LogP contribution in [0.1, 0.15) is 26.7 Å². The van der Waals surface area contributed by atoms with Crippen molar-refractivity contribution in [2.24, 2.45) is 11.8 Å². The second kappa shape index (κ2) is 10.1. The zero-order valence-corrected chi connectivity index (χ0v) is 13.3. The number of amides is 1. The monoisotopic (exact) mass is 285 g/mol. The summed E-state index contributed by atoms with van der Waals surface area (Å²) >= 11 is 0. The lowest BCUT2D eigenvalue weighted by atomic mass is 9.96. The van der Waals surface area contributed by atoms with E-state index in [0.29, 0.717) is 25.6 Å². The lowest BCUT2D eigenvalue weighted by molar-refractivity contribution is -0.122. The molecule has 1 amide bonds. The van der Waals surface area contributed by atoms with Gasteiger partial charge in [-0.1, -0.05) is 13.8 Å². The minimum absolute atomic E-state index is 0.110. The molecular formula is C15H31N3O2. The van der Waals surface area contributed by atoms with Gasteiger partial charge in [-0.2, -0.15) is 0 Å². The normalized spacial score (nSPS) is 17.6. The molecule has 0 aliphatic carbocycles. The third kappa shape index (κ3) is 7.82. The first-order valence-corrected chi connectivity index (χ1v) is 7.80. The fourth-order valence-electron chi connectivity index (χ4n) is 2.48. The number of likely N-dealkylation sites (tertiary alicyclic amines) is 1. The molecule has 1 aliphatic rings. The molecule has 1 saturated heterocycles. The second-order valence-electron chi connectivity index (χ2n) is 6.11. The summed E-state index contributed by atoms with van der Waals surface area (Å²) in [7, 11) is 1.64. The van der Waals surface area contributed by atoms with Crippen LogP contribution in [0.2, 0.25) is 0 Å². The highest BCUT2D eigenvalue weighted by atomic mass is 16.5. The van der Waals surface area contributed by atoms with Crippen LogP contribution in [0.5, 0.6) is 0 Å². The van der Waals surface area contributed by atoms with Gasteiger partial charge in [0.05, 0.1) is 13.2 Å². The van der Waals surface area contributed by atoms with Gasteiger partial charge in [0.25, 0.3) is 0 Å². The van der Waals surface area contributed by atoms with Gasteiger partial charge in [-0.05, 0) is 50.9 Å². The van der Waals surface area contributed by atoms with E-state index in [1.165, 1.54) is 12.8 Å². The van der Waals surface area contributed by atoms with Gasteiger partial charge >= 0.3 is 0 Å². The van der Waals surface area contributed by atoms with Crippen molar-refractivity contribution in [3.8, 4) is 0 Å². The van der Waals surface area contributed by atoms with Crippen LogP contribution < -0.4 is 10.6 Å². The van der Waals surface area contributed by atoms with Crippen LogP contribution >= 0.6 is 0 Å². The van der Waals surface area contributed by atoms with Crippen LogP contribution in [-0.2, 0) is 9.53 Å². The molecule has 0 aromatic rings. The highest BCUT2D eigenvalue weighted by molar-refractivity contribution is 5.77. The van der Waals surface area contributed by atoms with E-state index in [4.69, 9.17) is 4.74 Å². The zero-order valence-electron chi connectivity index (χ0n) is 13.3. The van der Waals surface area contributed by atoms with E-state index in [2.05, 4.69) is 29.4 Å². The number of hydrogen-bond donors (Lipinski definition) is 2. The van der Waals surface area contributed by atoms with Crippen LogP contribution in [0.4, 0.5) is 0 Å². The van der Waals surface area contributed by atoms with Gasteiger partial charge in [0.2, 0.25) is 5.91 Å². The smallest absolute Gasteiger partial charge is 0.234 e. The first kappa shape index (κ1) is 17.4. The largest absolute Gasteiger partial charge is 0.383 e. The van der Waals surface area contributed by atoms with E-state index in [9.17, 15) is 4.79 Å². The van der Waals surface area contributed by atoms with E-state index in [1.54, 1.807) is 7.11 Å². The number of carbonyl (C=O) groups is 1. The molecule has 118 valence electrons. The summed E-state index contributed by atoms with van der Waals surface area (Å²) < 4.78 is 4.92. The van der Waals surface area contributed by atoms with Crippen molar-refractivity contribution in [2.75, 3.05) is 53.0 Å². The molecule has 0 unspecified atom stereocenters. The number of carbonyl (C=O) groups excluding carboxylic acids is 1. The minimum atomic E-state index is 0.110. The number of methoxy groups -OCH3 is 1. The van der Waals surface area contributed by atoms with Gasteiger partial charge in [-0.15, -0.1) is 0 Å². The Morgan fingerprint density at radius 3 is 2.65 bits per heavy atom. The van der Waals surface area contributed by atoms with E-state index in [1.807, 2.05) is 0 Å². The Hall–Kier alpha value is -0.650. The Morgan fingerprint density at radius 2 is 2.05 bits per heavy atom. The fraction of sp³-hybridized carbons (Fsp3) is 0.933. The predicted octanol–water partition coefficient (Wildman–Crippen LogP) is 0.707. The lowest BCUT2D eigenvalue weighted by Gasteiger charge is -2.31. The topological polar surface area (TPSA) is 53.6 Å². The number of rotatable bonds is 9. The molecule has 1 fully saturated rings. The summed E-state index contributed by atoms with van der Waals surface area (Å²) in [5, 5.41) is 6.40. The van der Waals surface area contributed by atoms with Crippen LogP contribution in [-0.4, -0.2) is 63.8 Å². The molecule has 0 aromatic carbocycles. The summed E-state index contributed by atoms with van der Waals surface area (Å²) in [6.45, 7) is 10.5. The summed E-state index contributed by atoms with van der Waals surface area (Å²) in [5.74, 6) is 1.59. The predicted molar refractivity (Wildman–Crippen MR) is 81.8 cm³/mol. The Morgan fingerprint density at radius 1 is 1.35 bits per heavy atom. The van der Waals surface area contributed by atoms with Gasteiger partial charge in [0, 0.05) is 13.7 Å². The summed E-state index contributed by atoms with van der Waals surface area (Å²) in [5.41, 5.74) is 0. The Balaban J connectivity index is 2.07. The van der Waals surface area contributed by atoms with Gasteiger partial charge in [-0.25, -0.2) is 0 Å². The third-order valence-electron chi connectivity index (χ3n) is 3.69. The maximum atomic E-state index is 11.7. The van der Waals surface area contributed by atoms with Crippen molar-refractivity contribution in [2.45, 2.75) is 26.7 Å². The molecule has 0 spiro atoms. The SMILES string of the molecule is COCCNC(=O)CN1CCC(CNCC(C)C)CC1. The van der Waals surface area contributed by atoms with E-state index < -0.39 is 0 Å². The van der Waals surface area contributed by atoms with Crippen LogP contribution in [0, 0.1) is 11.8 Å². The number of nitrogens with one attached hydrogen (secondary N) is 2. The molecule has 0 bridgehead atoms. The van der Waals surface area contributed by atoms with E-state index in [0.717, 1.165) is 32.1 Å². The number of ether oxygens (including phenoxy) is 1. The minimum Gasteiger partial charge on any atom is -0.383 e. The van der Waals surface area contributed by atoms with Crippen molar-refractivity contribution in [1.82, 2.24) is 15.5 Å². The van der Waals surface area contributed by atoms with Gasteiger partial charge in [0.1, 0.15) is 0 Å². The van der Waals surface area contributed by atoms with Gasteiger partial charge in [0.15, 0.2) is 0 Å². The third-order valence-corrected chi connectivity index (χ3v) is 3.69. The molecule has 1 rings (SSSR count). The Labute approximate surface area is 123 Å². The molecule has 5 nitrogen and oxygen atoms in total. The molecular weight excluding hydrogens is 254 g/mol. The van der Waals surface area contributed by atoms with E-state index >= 15 is 0 Å². The Bertz CT molecular complexity index is 264. The number of hydrogen-bond acceptors (Lipinski definition) is 4. The standard InChI is InChI=1S/C15H31N3O2/c1-13(2)10-16-11-14-4-7-18(8-5-14)12-15(19)17-6-9-20-3/h13-14,16H,4-12H2,1-3H3,(H,17,19). The summed E-state index contributed by atoms with van der Waals surface area (Å²) in [4.78, 5) is 13.9. The average Bonchev–Trinajstić information content (AvgIpc) is 2.41. The van der Waals surface area contributed by atoms with Crippen LogP contribution in [0.3, 0.4) is 0 Å².